The molecule has 0 unspecified atom stereocenters. The first-order valence-corrected chi connectivity index (χ1v) is 10.5. The van der Waals surface area contributed by atoms with Crippen LogP contribution in [0.1, 0.15) is 36.1 Å². The zero-order chi connectivity index (χ0) is 18.9. The van der Waals surface area contributed by atoms with Gasteiger partial charge in [0.1, 0.15) is 0 Å². The van der Waals surface area contributed by atoms with Crippen LogP contribution in [-0.4, -0.2) is 32.8 Å². The monoisotopic (exact) mass is 515 g/mol. The van der Waals surface area contributed by atoms with Crippen molar-refractivity contribution in [3.63, 3.8) is 0 Å². The van der Waals surface area contributed by atoms with Crippen molar-refractivity contribution in [2.24, 2.45) is 4.99 Å². The quantitative estimate of drug-likeness (QED) is 0.307. The Bertz CT molecular complexity index is 731. The molecule has 2 aromatic rings. The van der Waals surface area contributed by atoms with Gasteiger partial charge in [-0.1, -0.05) is 18.2 Å². The lowest BCUT2D eigenvalue weighted by Gasteiger charge is -2.20. The van der Waals surface area contributed by atoms with Gasteiger partial charge < -0.3 is 20.1 Å². The van der Waals surface area contributed by atoms with Crippen molar-refractivity contribution in [2.45, 2.75) is 44.8 Å². The van der Waals surface area contributed by atoms with Crippen molar-refractivity contribution < 1.29 is 9.47 Å². The number of hydrogen-bond acceptors (Lipinski definition) is 4. The Morgan fingerprint density at radius 1 is 1.18 bits per heavy atom. The number of hydrogen-bond donors (Lipinski definition) is 2. The van der Waals surface area contributed by atoms with Crippen LogP contribution in [0.4, 0.5) is 0 Å². The fraction of sp³-hybridized carbons (Fsp3) is 0.476. The van der Waals surface area contributed by atoms with Gasteiger partial charge in [-0.05, 0) is 49.6 Å². The molecule has 5 nitrogen and oxygen atoms in total. The van der Waals surface area contributed by atoms with Crippen LogP contribution in [0.5, 0.6) is 11.5 Å². The van der Waals surface area contributed by atoms with Crippen LogP contribution in [0.2, 0.25) is 0 Å². The summed E-state index contributed by atoms with van der Waals surface area (Å²) in [6.07, 6.45) is 6.02. The summed E-state index contributed by atoms with van der Waals surface area (Å²) in [7, 11) is 3.49. The SMILES string of the molecule is CN=C(NCCc1cccs1)NCc1cccc(OC)c1OC1CCCC1.I. The zero-order valence-electron chi connectivity index (χ0n) is 16.6. The maximum atomic E-state index is 6.30. The maximum Gasteiger partial charge on any atom is 0.191 e. The van der Waals surface area contributed by atoms with E-state index in [-0.39, 0.29) is 24.0 Å². The minimum absolute atomic E-state index is 0. The molecular formula is C21H30IN3O2S. The van der Waals surface area contributed by atoms with Crippen molar-refractivity contribution in [3.8, 4) is 11.5 Å². The first-order valence-electron chi connectivity index (χ1n) is 9.59. The molecule has 154 valence electrons. The third-order valence-electron chi connectivity index (χ3n) is 4.78. The molecule has 0 saturated heterocycles. The van der Waals surface area contributed by atoms with Gasteiger partial charge in [0, 0.05) is 30.6 Å². The van der Waals surface area contributed by atoms with Gasteiger partial charge in [-0.3, -0.25) is 4.99 Å². The fourth-order valence-corrected chi connectivity index (χ4v) is 4.04. The van der Waals surface area contributed by atoms with Gasteiger partial charge in [-0.15, -0.1) is 35.3 Å². The lowest BCUT2D eigenvalue weighted by atomic mass is 10.1. The molecule has 1 heterocycles. The van der Waals surface area contributed by atoms with Gasteiger partial charge in [-0.25, -0.2) is 0 Å². The third-order valence-corrected chi connectivity index (χ3v) is 5.72. The van der Waals surface area contributed by atoms with E-state index in [9.17, 15) is 0 Å². The summed E-state index contributed by atoms with van der Waals surface area (Å²) in [6, 6.07) is 10.3. The molecule has 1 aliphatic rings. The number of guanidine groups is 1. The van der Waals surface area contributed by atoms with Crippen molar-refractivity contribution >= 4 is 41.3 Å². The number of nitrogens with zero attached hydrogens (tertiary/aromatic N) is 1. The molecule has 0 atom stereocenters. The number of para-hydroxylation sites is 1. The van der Waals surface area contributed by atoms with Crippen molar-refractivity contribution in [2.75, 3.05) is 20.7 Å². The highest BCUT2D eigenvalue weighted by Gasteiger charge is 2.20. The first-order chi connectivity index (χ1) is 13.3. The fourth-order valence-electron chi connectivity index (χ4n) is 3.33. The van der Waals surface area contributed by atoms with E-state index >= 15 is 0 Å². The zero-order valence-corrected chi connectivity index (χ0v) is 19.7. The number of methoxy groups -OCH3 is 1. The average molecular weight is 515 g/mol. The minimum atomic E-state index is 0. The van der Waals surface area contributed by atoms with Crippen LogP contribution >= 0.6 is 35.3 Å². The first kappa shape index (κ1) is 22.8. The highest BCUT2D eigenvalue weighted by molar-refractivity contribution is 14.0. The molecule has 1 aromatic heterocycles. The van der Waals surface area contributed by atoms with E-state index in [2.05, 4.69) is 39.2 Å². The van der Waals surface area contributed by atoms with Gasteiger partial charge >= 0.3 is 0 Å². The highest BCUT2D eigenvalue weighted by atomic mass is 127. The number of benzene rings is 1. The van der Waals surface area contributed by atoms with E-state index in [1.54, 1.807) is 25.5 Å². The summed E-state index contributed by atoms with van der Waals surface area (Å²) in [5.74, 6) is 2.44. The molecule has 0 radical (unpaired) electrons. The van der Waals surface area contributed by atoms with Gasteiger partial charge in [0.2, 0.25) is 0 Å². The second-order valence-electron chi connectivity index (χ2n) is 6.65. The molecule has 7 heteroatoms. The second-order valence-corrected chi connectivity index (χ2v) is 7.69. The summed E-state index contributed by atoms with van der Waals surface area (Å²) in [5.41, 5.74) is 1.09. The van der Waals surface area contributed by atoms with Crippen LogP contribution in [0, 0.1) is 0 Å². The van der Waals surface area contributed by atoms with Crippen LogP contribution in [0.3, 0.4) is 0 Å². The van der Waals surface area contributed by atoms with E-state index in [0.29, 0.717) is 12.6 Å². The van der Waals surface area contributed by atoms with Gasteiger partial charge in [0.15, 0.2) is 17.5 Å². The van der Waals surface area contributed by atoms with Crippen LogP contribution in [0.15, 0.2) is 40.7 Å². The summed E-state index contributed by atoms with van der Waals surface area (Å²) in [4.78, 5) is 5.70. The molecule has 1 fully saturated rings. The summed E-state index contributed by atoms with van der Waals surface area (Å²) >= 11 is 1.78. The summed E-state index contributed by atoms with van der Waals surface area (Å²) in [5, 5.41) is 8.87. The molecule has 0 aliphatic heterocycles. The molecule has 0 spiro atoms. The van der Waals surface area contributed by atoms with Crippen molar-refractivity contribution in [1.82, 2.24) is 10.6 Å². The number of thiophene rings is 1. The summed E-state index contributed by atoms with van der Waals surface area (Å²) < 4.78 is 11.8. The molecule has 0 bridgehead atoms. The van der Waals surface area contributed by atoms with E-state index in [1.165, 1.54) is 17.7 Å². The molecule has 28 heavy (non-hydrogen) atoms. The Labute approximate surface area is 189 Å². The Kier molecular flexibility index (Phi) is 9.91. The number of rotatable bonds is 8. The standard InChI is InChI=1S/C21H29N3O2S.HI/c1-22-21(23-13-12-18-10-6-14-27-18)24-15-16-7-5-11-19(25-2)20(16)26-17-8-3-4-9-17;/h5-7,10-11,14,17H,3-4,8-9,12-13,15H2,1-2H3,(H2,22,23,24);1H. The van der Waals surface area contributed by atoms with Gasteiger partial charge in [0.25, 0.3) is 0 Å². The molecule has 3 rings (SSSR count). The smallest absolute Gasteiger partial charge is 0.191 e. The van der Waals surface area contributed by atoms with Crippen LogP contribution < -0.4 is 20.1 Å². The van der Waals surface area contributed by atoms with E-state index < -0.39 is 0 Å². The Morgan fingerprint density at radius 3 is 2.68 bits per heavy atom. The van der Waals surface area contributed by atoms with Crippen molar-refractivity contribution in [3.05, 3.63) is 46.2 Å². The van der Waals surface area contributed by atoms with E-state index in [1.807, 2.05) is 12.1 Å². The van der Waals surface area contributed by atoms with E-state index in [4.69, 9.17) is 9.47 Å². The minimum Gasteiger partial charge on any atom is -0.493 e. The number of halogens is 1. The average Bonchev–Trinajstić information content (AvgIpc) is 3.39. The number of nitrogens with one attached hydrogen (secondary N) is 2. The molecule has 1 aliphatic carbocycles. The van der Waals surface area contributed by atoms with Gasteiger partial charge in [0.05, 0.1) is 13.2 Å². The Hall–Kier alpha value is -1.48. The van der Waals surface area contributed by atoms with Crippen molar-refractivity contribution in [1.29, 1.82) is 0 Å². The van der Waals surface area contributed by atoms with Gasteiger partial charge in [-0.2, -0.15) is 0 Å². The molecular weight excluding hydrogens is 485 g/mol. The largest absolute Gasteiger partial charge is 0.493 e. The molecule has 2 N–H and O–H groups in total. The maximum absolute atomic E-state index is 6.30. The van der Waals surface area contributed by atoms with Crippen LogP contribution in [0.25, 0.3) is 0 Å². The molecule has 0 amide bonds. The lowest BCUT2D eigenvalue weighted by Crippen LogP contribution is -2.37. The normalized spacial score (nSPS) is 14.4. The molecule has 1 aromatic carbocycles. The number of aliphatic imine (C=N–C) groups is 1. The highest BCUT2D eigenvalue weighted by Crippen LogP contribution is 2.34. The summed E-state index contributed by atoms with van der Waals surface area (Å²) in [6.45, 7) is 1.49. The Balaban J connectivity index is 0.00000280. The third kappa shape index (κ3) is 6.55. The number of ether oxygens (including phenoxy) is 2. The molecule has 1 saturated carbocycles. The van der Waals surface area contributed by atoms with E-state index in [0.717, 1.165) is 48.8 Å². The second kappa shape index (κ2) is 12.2. The predicted octanol–water partition coefficient (Wildman–Crippen LogP) is 4.60. The predicted molar refractivity (Wildman–Crippen MR) is 128 cm³/mol. The topological polar surface area (TPSA) is 54.9 Å². The Morgan fingerprint density at radius 2 is 2.00 bits per heavy atom. The van der Waals surface area contributed by atoms with Crippen LogP contribution in [-0.2, 0) is 13.0 Å². The lowest BCUT2D eigenvalue weighted by molar-refractivity contribution is 0.198.